The highest BCUT2D eigenvalue weighted by molar-refractivity contribution is 6.31. The lowest BCUT2D eigenvalue weighted by molar-refractivity contribution is -0.121. The molecule has 2 aliphatic rings. The molecule has 2 aromatic rings. The SMILES string of the molecule is Cc1cccc(N2C(=O)CC(c3c(F)cccc3Cl)C3=C2CC(C)(C)CC3=O)c1C. The summed E-state index contributed by atoms with van der Waals surface area (Å²) in [6.07, 6.45) is 0.942. The van der Waals surface area contributed by atoms with Crippen molar-refractivity contribution in [1.82, 2.24) is 0 Å². The summed E-state index contributed by atoms with van der Waals surface area (Å²) in [4.78, 5) is 28.5. The Labute approximate surface area is 181 Å². The van der Waals surface area contributed by atoms with Crippen molar-refractivity contribution in [3.8, 4) is 0 Å². The van der Waals surface area contributed by atoms with E-state index in [1.54, 1.807) is 11.0 Å². The Bertz CT molecular complexity index is 1080. The van der Waals surface area contributed by atoms with Gasteiger partial charge in [-0.1, -0.05) is 43.6 Å². The second-order valence-electron chi connectivity index (χ2n) is 9.14. The minimum Gasteiger partial charge on any atom is -0.294 e. The van der Waals surface area contributed by atoms with Crippen LogP contribution in [-0.2, 0) is 9.59 Å². The van der Waals surface area contributed by atoms with E-state index in [2.05, 4.69) is 0 Å². The van der Waals surface area contributed by atoms with Gasteiger partial charge in [0.2, 0.25) is 5.91 Å². The lowest BCUT2D eigenvalue weighted by Crippen LogP contribution is -2.44. The molecule has 1 atom stereocenters. The first-order valence-corrected chi connectivity index (χ1v) is 10.6. The Kier molecular flexibility index (Phi) is 5.09. The monoisotopic (exact) mass is 425 g/mol. The molecule has 4 rings (SSSR count). The molecule has 3 nitrogen and oxygen atoms in total. The van der Waals surface area contributed by atoms with Gasteiger partial charge in [-0.25, -0.2) is 4.39 Å². The molecular formula is C25H25ClFNO2. The molecule has 5 heteroatoms. The number of hydrogen-bond acceptors (Lipinski definition) is 2. The fraction of sp³-hybridized carbons (Fsp3) is 0.360. The molecule has 0 saturated heterocycles. The van der Waals surface area contributed by atoms with Gasteiger partial charge in [0.15, 0.2) is 5.78 Å². The molecule has 2 aromatic carbocycles. The zero-order valence-corrected chi connectivity index (χ0v) is 18.4. The van der Waals surface area contributed by atoms with Gasteiger partial charge in [0.25, 0.3) is 0 Å². The van der Waals surface area contributed by atoms with Crippen LogP contribution < -0.4 is 4.90 Å². The van der Waals surface area contributed by atoms with Crippen LogP contribution >= 0.6 is 11.6 Å². The van der Waals surface area contributed by atoms with E-state index in [1.165, 1.54) is 12.1 Å². The van der Waals surface area contributed by atoms with Crippen molar-refractivity contribution in [2.24, 2.45) is 5.41 Å². The van der Waals surface area contributed by atoms with Crippen LogP contribution in [0, 0.1) is 25.1 Å². The van der Waals surface area contributed by atoms with Crippen molar-refractivity contribution in [3.05, 3.63) is 75.2 Å². The Morgan fingerprint density at radius 2 is 1.77 bits per heavy atom. The standard InChI is InChI=1S/C25H25ClFNO2/c1-14-7-5-10-19(15(14)2)28-20-12-25(3,4)13-21(29)24(20)16(11-22(28)30)23-17(26)8-6-9-18(23)27/h5-10,16H,11-13H2,1-4H3. The largest absolute Gasteiger partial charge is 0.294 e. The predicted molar refractivity (Wildman–Crippen MR) is 117 cm³/mol. The van der Waals surface area contributed by atoms with Crippen molar-refractivity contribution >= 4 is 29.0 Å². The Hall–Kier alpha value is -2.46. The van der Waals surface area contributed by atoms with Crippen molar-refractivity contribution in [3.63, 3.8) is 0 Å². The molecule has 0 spiro atoms. The average molecular weight is 426 g/mol. The number of carbonyl (C=O) groups excluding carboxylic acids is 2. The predicted octanol–water partition coefficient (Wildman–Crippen LogP) is 6.26. The number of hydrogen-bond donors (Lipinski definition) is 0. The number of Topliss-reactive ketones (excluding diaryl/α,β-unsaturated/α-hetero) is 1. The van der Waals surface area contributed by atoms with Gasteiger partial charge in [-0.05, 0) is 55.0 Å². The van der Waals surface area contributed by atoms with E-state index < -0.39 is 11.7 Å². The smallest absolute Gasteiger partial charge is 0.232 e. The van der Waals surface area contributed by atoms with Gasteiger partial charge >= 0.3 is 0 Å². The summed E-state index contributed by atoms with van der Waals surface area (Å²) < 4.78 is 14.8. The van der Waals surface area contributed by atoms with E-state index in [1.807, 2.05) is 45.9 Å². The first-order valence-electron chi connectivity index (χ1n) is 10.2. The van der Waals surface area contributed by atoms with Crippen molar-refractivity contribution < 1.29 is 14.0 Å². The summed E-state index contributed by atoms with van der Waals surface area (Å²) >= 11 is 6.35. The molecular weight excluding hydrogens is 401 g/mol. The number of allylic oxidation sites excluding steroid dienone is 2. The van der Waals surface area contributed by atoms with E-state index in [9.17, 15) is 14.0 Å². The molecule has 0 bridgehead atoms. The molecule has 1 amide bonds. The maximum absolute atomic E-state index is 14.8. The third-order valence-corrected chi connectivity index (χ3v) is 6.64. The quantitative estimate of drug-likeness (QED) is 0.569. The average Bonchev–Trinajstić information content (AvgIpc) is 2.63. The lowest BCUT2D eigenvalue weighted by atomic mass is 9.69. The van der Waals surface area contributed by atoms with Gasteiger partial charge in [-0.15, -0.1) is 0 Å². The van der Waals surface area contributed by atoms with Gasteiger partial charge in [-0.3, -0.25) is 14.5 Å². The molecule has 1 unspecified atom stereocenters. The molecule has 0 N–H and O–H groups in total. The molecule has 1 heterocycles. The van der Waals surface area contributed by atoms with Crippen LogP contribution in [0.2, 0.25) is 5.02 Å². The van der Waals surface area contributed by atoms with Crippen LogP contribution in [0.25, 0.3) is 0 Å². The van der Waals surface area contributed by atoms with E-state index in [4.69, 9.17) is 11.6 Å². The number of carbonyl (C=O) groups is 2. The summed E-state index contributed by atoms with van der Waals surface area (Å²) in [6.45, 7) is 8.04. The van der Waals surface area contributed by atoms with Gasteiger partial charge in [0.05, 0.1) is 5.69 Å². The van der Waals surface area contributed by atoms with Crippen LogP contribution in [0.4, 0.5) is 10.1 Å². The zero-order valence-electron chi connectivity index (χ0n) is 17.7. The summed E-state index contributed by atoms with van der Waals surface area (Å²) in [5.41, 5.74) is 4.03. The molecule has 1 aliphatic carbocycles. The second kappa shape index (κ2) is 7.35. The van der Waals surface area contributed by atoms with E-state index >= 15 is 0 Å². The molecule has 0 saturated carbocycles. The number of halogens is 2. The van der Waals surface area contributed by atoms with Crippen LogP contribution in [0.1, 0.15) is 55.7 Å². The molecule has 0 radical (unpaired) electrons. The van der Waals surface area contributed by atoms with Gasteiger partial charge < -0.3 is 0 Å². The van der Waals surface area contributed by atoms with Crippen LogP contribution in [0.3, 0.4) is 0 Å². The zero-order chi connectivity index (χ0) is 21.8. The highest BCUT2D eigenvalue weighted by Gasteiger charge is 2.45. The number of ketones is 1. The Morgan fingerprint density at radius 1 is 1.07 bits per heavy atom. The highest BCUT2D eigenvalue weighted by Crippen LogP contribution is 2.50. The number of rotatable bonds is 2. The third kappa shape index (κ3) is 3.37. The third-order valence-electron chi connectivity index (χ3n) is 6.31. The molecule has 30 heavy (non-hydrogen) atoms. The fourth-order valence-corrected chi connectivity index (χ4v) is 5.06. The van der Waals surface area contributed by atoms with E-state index in [-0.39, 0.29) is 34.1 Å². The maximum atomic E-state index is 14.8. The lowest BCUT2D eigenvalue weighted by Gasteiger charge is -2.43. The number of aryl methyl sites for hydroxylation is 1. The van der Waals surface area contributed by atoms with Crippen LogP contribution in [0.15, 0.2) is 47.7 Å². The Balaban J connectivity index is 1.98. The maximum Gasteiger partial charge on any atom is 0.232 e. The van der Waals surface area contributed by atoms with Crippen molar-refractivity contribution in [2.75, 3.05) is 4.90 Å². The summed E-state index contributed by atoms with van der Waals surface area (Å²) in [5.74, 6) is -1.32. The summed E-state index contributed by atoms with van der Waals surface area (Å²) in [5, 5.41) is 0.248. The fourth-order valence-electron chi connectivity index (χ4n) is 4.76. The summed E-state index contributed by atoms with van der Waals surface area (Å²) in [6, 6.07) is 10.3. The van der Waals surface area contributed by atoms with E-state index in [0.717, 1.165) is 16.8 Å². The van der Waals surface area contributed by atoms with Crippen molar-refractivity contribution in [2.45, 2.75) is 52.9 Å². The Morgan fingerprint density at radius 3 is 2.47 bits per heavy atom. The first-order chi connectivity index (χ1) is 14.1. The highest BCUT2D eigenvalue weighted by atomic mass is 35.5. The second-order valence-corrected chi connectivity index (χ2v) is 9.55. The molecule has 0 fully saturated rings. The topological polar surface area (TPSA) is 37.4 Å². The van der Waals surface area contributed by atoms with Gasteiger partial charge in [-0.2, -0.15) is 0 Å². The normalized spacial score (nSPS) is 21.1. The molecule has 0 aromatic heterocycles. The number of nitrogens with zero attached hydrogens (tertiary/aromatic N) is 1. The molecule has 156 valence electrons. The van der Waals surface area contributed by atoms with Crippen LogP contribution in [-0.4, -0.2) is 11.7 Å². The van der Waals surface area contributed by atoms with Crippen LogP contribution in [0.5, 0.6) is 0 Å². The minimum atomic E-state index is -0.661. The number of amides is 1. The van der Waals surface area contributed by atoms with Gasteiger partial charge in [0.1, 0.15) is 5.82 Å². The molecule has 1 aliphatic heterocycles. The number of benzene rings is 2. The minimum absolute atomic E-state index is 0.0129. The summed E-state index contributed by atoms with van der Waals surface area (Å²) in [7, 11) is 0. The van der Waals surface area contributed by atoms with E-state index in [0.29, 0.717) is 24.1 Å². The number of anilines is 1. The van der Waals surface area contributed by atoms with Gasteiger partial charge in [0, 0.05) is 40.6 Å². The van der Waals surface area contributed by atoms with Crippen molar-refractivity contribution in [1.29, 1.82) is 0 Å². The first kappa shape index (κ1) is 20.8.